The molecule has 0 aromatic carbocycles. The molecule has 2 nitrogen and oxygen atoms in total. The molecule has 2 saturated carbocycles. The summed E-state index contributed by atoms with van der Waals surface area (Å²) in [6, 6.07) is 0. The third kappa shape index (κ3) is 1.05. The van der Waals surface area contributed by atoms with Gasteiger partial charge in [0.05, 0.1) is 5.92 Å². The van der Waals surface area contributed by atoms with Crippen LogP contribution in [0.3, 0.4) is 0 Å². The Labute approximate surface area is 91.4 Å². The molecule has 0 aromatic heterocycles. The van der Waals surface area contributed by atoms with Crippen molar-refractivity contribution in [2.75, 3.05) is 0 Å². The van der Waals surface area contributed by atoms with E-state index in [1.54, 1.807) is 0 Å². The molecule has 0 unspecified atom stereocenters. The van der Waals surface area contributed by atoms with Gasteiger partial charge in [0.1, 0.15) is 11.6 Å². The zero-order valence-corrected chi connectivity index (χ0v) is 10.1. The molecule has 2 bridgehead atoms. The smallest absolute Gasteiger partial charge is 0.150 e. The Morgan fingerprint density at radius 2 is 2.00 bits per heavy atom. The van der Waals surface area contributed by atoms with E-state index >= 15 is 0 Å². The van der Waals surface area contributed by atoms with Gasteiger partial charge in [-0.25, -0.2) is 0 Å². The van der Waals surface area contributed by atoms with Gasteiger partial charge in [0, 0.05) is 11.8 Å². The maximum Gasteiger partial charge on any atom is 0.150 e. The first-order valence-corrected chi connectivity index (χ1v) is 5.93. The molecule has 0 spiro atoms. The van der Waals surface area contributed by atoms with Crippen molar-refractivity contribution in [1.82, 2.24) is 0 Å². The molecule has 2 aliphatic rings. The molecule has 0 heterocycles. The third-order valence-electron chi connectivity index (χ3n) is 5.23. The Kier molecular flexibility index (Phi) is 2.12. The summed E-state index contributed by atoms with van der Waals surface area (Å²) < 4.78 is 0. The average molecular weight is 208 g/mol. The summed E-state index contributed by atoms with van der Waals surface area (Å²) in [5.74, 6) is 0.378. The molecule has 0 amide bonds. The number of ketones is 2. The first-order chi connectivity index (χ1) is 6.86. The van der Waals surface area contributed by atoms with Crippen molar-refractivity contribution in [3.8, 4) is 0 Å². The van der Waals surface area contributed by atoms with E-state index in [0.29, 0.717) is 12.3 Å². The van der Waals surface area contributed by atoms with Crippen molar-refractivity contribution in [3.63, 3.8) is 0 Å². The highest BCUT2D eigenvalue weighted by Crippen LogP contribution is 2.65. The van der Waals surface area contributed by atoms with Crippen LogP contribution in [0.25, 0.3) is 0 Å². The molecule has 15 heavy (non-hydrogen) atoms. The minimum atomic E-state index is -0.288. The molecule has 0 aliphatic heterocycles. The van der Waals surface area contributed by atoms with E-state index < -0.39 is 0 Å². The van der Waals surface area contributed by atoms with Crippen molar-refractivity contribution in [1.29, 1.82) is 0 Å². The second-order valence-electron chi connectivity index (χ2n) is 5.86. The minimum absolute atomic E-state index is 0.0135. The summed E-state index contributed by atoms with van der Waals surface area (Å²) in [5, 5.41) is 0. The zero-order chi connectivity index (χ0) is 11.4. The molecule has 2 fully saturated rings. The van der Waals surface area contributed by atoms with Crippen LogP contribution in [0.2, 0.25) is 0 Å². The second-order valence-corrected chi connectivity index (χ2v) is 5.86. The van der Waals surface area contributed by atoms with Crippen LogP contribution in [-0.2, 0) is 9.59 Å². The van der Waals surface area contributed by atoms with E-state index in [0.717, 1.165) is 12.8 Å². The van der Waals surface area contributed by atoms with Gasteiger partial charge in [-0.05, 0) is 24.2 Å². The summed E-state index contributed by atoms with van der Waals surface area (Å²) >= 11 is 0. The quantitative estimate of drug-likeness (QED) is 0.654. The van der Waals surface area contributed by atoms with Crippen LogP contribution in [0.15, 0.2) is 0 Å². The molecule has 3 atom stereocenters. The molecule has 0 radical (unpaired) electrons. The van der Waals surface area contributed by atoms with Crippen LogP contribution >= 0.6 is 0 Å². The molecule has 0 saturated heterocycles. The van der Waals surface area contributed by atoms with Gasteiger partial charge in [0.2, 0.25) is 0 Å². The fourth-order valence-corrected chi connectivity index (χ4v) is 3.68. The lowest BCUT2D eigenvalue weighted by Gasteiger charge is -2.32. The van der Waals surface area contributed by atoms with Crippen LogP contribution in [0.5, 0.6) is 0 Å². The predicted molar refractivity (Wildman–Crippen MR) is 58.4 cm³/mol. The Morgan fingerprint density at radius 1 is 1.40 bits per heavy atom. The van der Waals surface area contributed by atoms with Gasteiger partial charge < -0.3 is 0 Å². The van der Waals surface area contributed by atoms with Gasteiger partial charge in [0.25, 0.3) is 0 Å². The molecule has 0 aromatic rings. The third-order valence-corrected chi connectivity index (χ3v) is 5.23. The number of hydrogen-bond acceptors (Lipinski definition) is 2. The Bertz CT molecular complexity index is 329. The van der Waals surface area contributed by atoms with E-state index in [-0.39, 0.29) is 28.3 Å². The summed E-state index contributed by atoms with van der Waals surface area (Å²) in [6.45, 7) is 8.23. The lowest BCUT2D eigenvalue weighted by molar-refractivity contribution is -0.137. The number of rotatable bonds is 2. The summed E-state index contributed by atoms with van der Waals surface area (Å²) in [6.07, 6.45) is 2.52. The maximum atomic E-state index is 12.3. The number of carbonyl (C=O) groups excluding carboxylic acids is 2. The van der Waals surface area contributed by atoms with Gasteiger partial charge in [-0.2, -0.15) is 0 Å². The van der Waals surface area contributed by atoms with Crippen molar-refractivity contribution >= 4 is 11.6 Å². The van der Waals surface area contributed by atoms with Gasteiger partial charge in [-0.1, -0.05) is 27.7 Å². The van der Waals surface area contributed by atoms with Gasteiger partial charge in [-0.15, -0.1) is 0 Å². The van der Waals surface area contributed by atoms with Crippen molar-refractivity contribution < 1.29 is 9.59 Å². The van der Waals surface area contributed by atoms with Crippen LogP contribution in [-0.4, -0.2) is 11.6 Å². The first-order valence-electron chi connectivity index (χ1n) is 5.93. The highest BCUT2D eigenvalue weighted by Gasteiger charge is 2.67. The van der Waals surface area contributed by atoms with Crippen molar-refractivity contribution in [2.45, 2.75) is 47.0 Å². The summed E-state index contributed by atoms with van der Waals surface area (Å²) in [7, 11) is 0. The number of Topliss-reactive ketones (excluding diaryl/α,β-unsaturated/α-hetero) is 2. The Morgan fingerprint density at radius 3 is 2.40 bits per heavy atom. The Balaban J connectivity index is 2.42. The summed E-state index contributed by atoms with van der Waals surface area (Å²) in [4.78, 5) is 24.1. The fraction of sp³-hybridized carbons (Fsp3) is 0.846. The molecule has 84 valence electrons. The molecular weight excluding hydrogens is 188 g/mol. The van der Waals surface area contributed by atoms with Gasteiger partial charge >= 0.3 is 0 Å². The van der Waals surface area contributed by atoms with Gasteiger partial charge in [-0.3, -0.25) is 9.59 Å². The first kappa shape index (κ1) is 10.8. The van der Waals surface area contributed by atoms with Crippen molar-refractivity contribution in [2.24, 2.45) is 22.7 Å². The van der Waals surface area contributed by atoms with E-state index in [2.05, 4.69) is 20.8 Å². The Hall–Kier alpha value is -0.660. The van der Waals surface area contributed by atoms with Crippen LogP contribution in [0.1, 0.15) is 47.0 Å². The topological polar surface area (TPSA) is 34.1 Å². The van der Waals surface area contributed by atoms with Gasteiger partial charge in [0.15, 0.2) is 0 Å². The lowest BCUT2D eigenvalue weighted by atomic mass is 9.70. The molecular formula is C13H20O2. The number of fused-ring (bicyclic) bond motifs is 2. The monoisotopic (exact) mass is 208 g/mol. The van der Waals surface area contributed by atoms with Crippen LogP contribution in [0.4, 0.5) is 0 Å². The fourth-order valence-electron chi connectivity index (χ4n) is 3.68. The van der Waals surface area contributed by atoms with E-state index in [1.807, 2.05) is 6.92 Å². The molecule has 2 aliphatic carbocycles. The van der Waals surface area contributed by atoms with E-state index in [9.17, 15) is 9.59 Å². The number of carbonyl (C=O) groups is 2. The molecule has 2 heteroatoms. The lowest BCUT2D eigenvalue weighted by Crippen LogP contribution is -2.35. The second kappa shape index (κ2) is 2.93. The highest BCUT2D eigenvalue weighted by atomic mass is 16.2. The number of hydrogen-bond donors (Lipinski definition) is 0. The summed E-state index contributed by atoms with van der Waals surface area (Å²) in [5.41, 5.74) is -0.229. The largest absolute Gasteiger partial charge is 0.299 e. The highest BCUT2D eigenvalue weighted by molar-refractivity contribution is 6.08. The van der Waals surface area contributed by atoms with E-state index in [1.165, 1.54) is 0 Å². The van der Waals surface area contributed by atoms with Crippen molar-refractivity contribution in [3.05, 3.63) is 0 Å². The maximum absolute atomic E-state index is 12.3. The zero-order valence-electron chi connectivity index (χ0n) is 10.1. The normalized spacial score (nSPS) is 42.3. The average Bonchev–Trinajstić information content (AvgIpc) is 2.48. The SMILES string of the molecule is CCC(=O)[C@H]1C(=O)[C@@]2(C)CC[C@@H]1C2(C)C. The van der Waals surface area contributed by atoms with Crippen LogP contribution in [0, 0.1) is 22.7 Å². The van der Waals surface area contributed by atoms with E-state index in [4.69, 9.17) is 0 Å². The predicted octanol–water partition coefficient (Wildman–Crippen LogP) is 2.61. The standard InChI is InChI=1S/C13H20O2/c1-5-9(14)10-8-6-7-13(4,11(10)15)12(8,2)3/h8,10H,5-7H2,1-4H3/t8-,10-,13+/m0/s1. The molecule has 0 N–H and O–H groups in total. The molecule has 2 rings (SSSR count). The van der Waals surface area contributed by atoms with Crippen LogP contribution < -0.4 is 0 Å². The minimum Gasteiger partial charge on any atom is -0.299 e.